The predicted octanol–water partition coefficient (Wildman–Crippen LogP) is 2.62. The summed E-state index contributed by atoms with van der Waals surface area (Å²) in [6.07, 6.45) is 5.38. The van der Waals surface area contributed by atoms with Crippen molar-refractivity contribution in [2.45, 2.75) is 72.3 Å². The van der Waals surface area contributed by atoms with E-state index in [2.05, 4.69) is 24.3 Å². The number of hydrogen-bond donors (Lipinski definition) is 3. The number of amidine groups is 1. The quantitative estimate of drug-likeness (QED) is 0.314. The van der Waals surface area contributed by atoms with Gasteiger partial charge in [-0.2, -0.15) is 0 Å². The lowest BCUT2D eigenvalue weighted by Crippen LogP contribution is -2.53. The molecule has 20 heavy (non-hydrogen) atoms. The summed E-state index contributed by atoms with van der Waals surface area (Å²) in [6.45, 7) is 8.27. The third-order valence-electron chi connectivity index (χ3n) is 4.78. The maximum absolute atomic E-state index is 12.6. The zero-order valence-corrected chi connectivity index (χ0v) is 13.2. The van der Waals surface area contributed by atoms with Crippen LogP contribution in [0.15, 0.2) is 5.16 Å². The van der Waals surface area contributed by atoms with E-state index in [9.17, 15) is 4.79 Å². The molecule has 1 aliphatic carbocycles. The molecule has 0 spiro atoms. The average Bonchev–Trinajstić information content (AvgIpc) is 2.39. The number of carbonyl (C=O) groups excluding carboxylic acids is 1. The highest BCUT2D eigenvalue weighted by atomic mass is 16.4. The van der Waals surface area contributed by atoms with Crippen molar-refractivity contribution in [2.75, 3.05) is 0 Å². The Balaban J connectivity index is 2.82. The third-order valence-corrected chi connectivity index (χ3v) is 4.78. The van der Waals surface area contributed by atoms with E-state index in [1.807, 2.05) is 13.8 Å². The molecule has 5 heteroatoms. The molecule has 0 bridgehead atoms. The summed E-state index contributed by atoms with van der Waals surface area (Å²) >= 11 is 0. The van der Waals surface area contributed by atoms with Gasteiger partial charge in [-0.3, -0.25) is 4.79 Å². The molecule has 0 saturated heterocycles. The monoisotopic (exact) mass is 283 g/mol. The molecule has 1 amide bonds. The normalized spacial score (nSPS) is 23.4. The first-order valence-corrected chi connectivity index (χ1v) is 7.60. The first-order valence-electron chi connectivity index (χ1n) is 7.60. The number of carbonyl (C=O) groups is 1. The molecule has 0 aromatic heterocycles. The van der Waals surface area contributed by atoms with Gasteiger partial charge in [0.05, 0.1) is 0 Å². The lowest BCUT2D eigenvalue weighted by Gasteiger charge is -2.38. The highest BCUT2D eigenvalue weighted by Crippen LogP contribution is 2.36. The zero-order chi connectivity index (χ0) is 15.4. The van der Waals surface area contributed by atoms with Crippen LogP contribution < -0.4 is 11.1 Å². The first-order chi connectivity index (χ1) is 9.31. The Kier molecular flexibility index (Phi) is 5.42. The summed E-state index contributed by atoms with van der Waals surface area (Å²) in [4.78, 5) is 12.6. The van der Waals surface area contributed by atoms with Crippen LogP contribution in [0.3, 0.4) is 0 Å². The van der Waals surface area contributed by atoms with Crippen LogP contribution in [0.25, 0.3) is 0 Å². The largest absolute Gasteiger partial charge is 0.409 e. The van der Waals surface area contributed by atoms with Crippen LogP contribution in [0.1, 0.15) is 66.2 Å². The van der Waals surface area contributed by atoms with Crippen LogP contribution in [-0.2, 0) is 4.79 Å². The van der Waals surface area contributed by atoms with Gasteiger partial charge in [0.1, 0.15) is 5.41 Å². The maximum atomic E-state index is 12.6. The molecule has 0 aliphatic heterocycles. The van der Waals surface area contributed by atoms with Gasteiger partial charge in [-0.25, -0.2) is 0 Å². The summed E-state index contributed by atoms with van der Waals surface area (Å²) in [5, 5.41) is 15.2. The van der Waals surface area contributed by atoms with Gasteiger partial charge in [-0.05, 0) is 37.5 Å². The van der Waals surface area contributed by atoms with E-state index in [1.54, 1.807) is 0 Å². The summed E-state index contributed by atoms with van der Waals surface area (Å²) in [7, 11) is 0. The van der Waals surface area contributed by atoms with Crippen molar-refractivity contribution in [3.8, 4) is 0 Å². The van der Waals surface area contributed by atoms with Crippen LogP contribution in [0, 0.1) is 10.8 Å². The molecule has 1 saturated carbocycles. The van der Waals surface area contributed by atoms with Crippen LogP contribution >= 0.6 is 0 Å². The molecule has 0 heterocycles. The van der Waals surface area contributed by atoms with E-state index < -0.39 is 5.41 Å². The Bertz CT molecular complexity index is 373. The van der Waals surface area contributed by atoms with E-state index in [4.69, 9.17) is 10.9 Å². The molecule has 1 aliphatic rings. The Hall–Kier alpha value is -1.26. The fourth-order valence-corrected chi connectivity index (χ4v) is 3.29. The molecule has 1 fully saturated rings. The number of oxime groups is 1. The van der Waals surface area contributed by atoms with Crippen molar-refractivity contribution in [1.82, 2.24) is 5.32 Å². The standard InChI is InChI=1S/C15H29N3O2/c1-5-15(6-2,12(16)18-20)13(19)17-11-8-7-9-14(3,4)10-11/h11,20H,5-10H2,1-4H3,(H2,16,18)(H,17,19). The smallest absolute Gasteiger partial charge is 0.234 e. The highest BCUT2D eigenvalue weighted by Gasteiger charge is 2.41. The minimum atomic E-state index is -0.893. The lowest BCUT2D eigenvalue weighted by atomic mass is 9.74. The minimum Gasteiger partial charge on any atom is -0.409 e. The number of nitrogens with two attached hydrogens (primary N) is 1. The van der Waals surface area contributed by atoms with E-state index in [-0.39, 0.29) is 23.2 Å². The molecule has 4 N–H and O–H groups in total. The van der Waals surface area contributed by atoms with Gasteiger partial charge in [0.2, 0.25) is 5.91 Å². The van der Waals surface area contributed by atoms with Gasteiger partial charge >= 0.3 is 0 Å². The Morgan fingerprint density at radius 3 is 2.50 bits per heavy atom. The second-order valence-corrected chi connectivity index (χ2v) is 6.71. The fraction of sp³-hybridized carbons (Fsp3) is 0.867. The van der Waals surface area contributed by atoms with E-state index in [0.29, 0.717) is 12.8 Å². The second-order valence-electron chi connectivity index (χ2n) is 6.71. The van der Waals surface area contributed by atoms with Gasteiger partial charge in [-0.15, -0.1) is 0 Å². The van der Waals surface area contributed by atoms with Gasteiger partial charge in [0, 0.05) is 6.04 Å². The summed E-state index contributed by atoms with van der Waals surface area (Å²) in [5.74, 6) is -0.101. The van der Waals surface area contributed by atoms with Gasteiger partial charge in [-0.1, -0.05) is 39.3 Å². The molecule has 0 aromatic carbocycles. The molecule has 0 radical (unpaired) electrons. The molecule has 5 nitrogen and oxygen atoms in total. The van der Waals surface area contributed by atoms with Crippen molar-refractivity contribution >= 4 is 11.7 Å². The van der Waals surface area contributed by atoms with Crippen molar-refractivity contribution < 1.29 is 10.0 Å². The highest BCUT2D eigenvalue weighted by molar-refractivity contribution is 6.06. The van der Waals surface area contributed by atoms with E-state index >= 15 is 0 Å². The van der Waals surface area contributed by atoms with Crippen molar-refractivity contribution in [3.63, 3.8) is 0 Å². The van der Waals surface area contributed by atoms with Gasteiger partial charge in [0.15, 0.2) is 5.84 Å². The van der Waals surface area contributed by atoms with Gasteiger partial charge in [0.25, 0.3) is 0 Å². The number of rotatable bonds is 5. The molecule has 0 aromatic rings. The maximum Gasteiger partial charge on any atom is 0.234 e. The number of amides is 1. The van der Waals surface area contributed by atoms with Crippen molar-refractivity contribution in [2.24, 2.45) is 21.7 Å². The number of hydrogen-bond acceptors (Lipinski definition) is 3. The molecular formula is C15H29N3O2. The summed E-state index contributed by atoms with van der Waals surface area (Å²) in [5.41, 5.74) is 5.15. The van der Waals surface area contributed by atoms with Crippen LogP contribution in [0.4, 0.5) is 0 Å². The Labute approximate surface area is 122 Å². The second kappa shape index (κ2) is 6.46. The Morgan fingerprint density at radius 1 is 1.45 bits per heavy atom. The molecular weight excluding hydrogens is 254 g/mol. The Morgan fingerprint density at radius 2 is 2.05 bits per heavy atom. The lowest BCUT2D eigenvalue weighted by molar-refractivity contribution is -0.129. The third kappa shape index (κ3) is 3.44. The molecule has 1 unspecified atom stereocenters. The van der Waals surface area contributed by atoms with Crippen LogP contribution in [0.5, 0.6) is 0 Å². The number of nitrogens with one attached hydrogen (secondary N) is 1. The molecule has 1 atom stereocenters. The SMILES string of the molecule is CCC(CC)(C(=O)NC1CCCC(C)(C)C1)C(N)=NO. The van der Waals surface area contributed by atoms with Gasteiger partial charge < -0.3 is 16.3 Å². The molecule has 116 valence electrons. The fourth-order valence-electron chi connectivity index (χ4n) is 3.29. The predicted molar refractivity (Wildman–Crippen MR) is 80.6 cm³/mol. The van der Waals surface area contributed by atoms with Crippen molar-refractivity contribution in [3.05, 3.63) is 0 Å². The van der Waals surface area contributed by atoms with E-state index in [0.717, 1.165) is 19.3 Å². The van der Waals surface area contributed by atoms with Crippen LogP contribution in [-0.4, -0.2) is 23.0 Å². The van der Waals surface area contributed by atoms with Crippen molar-refractivity contribution in [1.29, 1.82) is 0 Å². The summed E-state index contributed by atoms with van der Waals surface area (Å²) < 4.78 is 0. The van der Waals surface area contributed by atoms with Crippen LogP contribution in [0.2, 0.25) is 0 Å². The van der Waals surface area contributed by atoms with E-state index in [1.165, 1.54) is 6.42 Å². The number of nitrogens with zero attached hydrogens (tertiary/aromatic N) is 1. The first kappa shape index (κ1) is 16.8. The minimum absolute atomic E-state index is 0.00932. The average molecular weight is 283 g/mol. The topological polar surface area (TPSA) is 87.7 Å². The zero-order valence-electron chi connectivity index (χ0n) is 13.2. The molecule has 1 rings (SSSR count). The summed E-state index contributed by atoms with van der Waals surface area (Å²) in [6, 6.07) is 0.190.